The van der Waals surface area contributed by atoms with Gasteiger partial charge in [-0.05, 0) is 36.8 Å². The van der Waals surface area contributed by atoms with Crippen LogP contribution in [0.4, 0.5) is 4.39 Å². The van der Waals surface area contributed by atoms with E-state index in [1.165, 1.54) is 25.1 Å². The van der Waals surface area contributed by atoms with Gasteiger partial charge in [0.15, 0.2) is 24.2 Å². The highest BCUT2D eigenvalue weighted by atomic mass is 19.1. The molecular weight excluding hydrogens is 357 g/mol. The highest BCUT2D eigenvalue weighted by molar-refractivity contribution is 5.83. The van der Waals surface area contributed by atoms with Crippen LogP contribution in [0.15, 0.2) is 42.5 Å². The van der Waals surface area contributed by atoms with Crippen molar-refractivity contribution in [3.05, 3.63) is 53.8 Å². The molecule has 8 heteroatoms. The van der Waals surface area contributed by atoms with Crippen LogP contribution in [0.1, 0.15) is 12.5 Å². The number of fused-ring (bicyclic) bond motifs is 1. The zero-order chi connectivity index (χ0) is 19.2. The molecule has 2 aromatic carbocycles. The van der Waals surface area contributed by atoms with Crippen molar-refractivity contribution in [3.63, 3.8) is 0 Å². The minimum absolute atomic E-state index is 0.176. The first kappa shape index (κ1) is 18.5. The normalized spacial score (nSPS) is 13.0. The van der Waals surface area contributed by atoms with Crippen LogP contribution >= 0.6 is 0 Å². The fourth-order valence-corrected chi connectivity index (χ4v) is 2.37. The van der Waals surface area contributed by atoms with Crippen LogP contribution in [-0.4, -0.2) is 31.4 Å². The summed E-state index contributed by atoms with van der Waals surface area (Å²) in [5.74, 6) is -0.179. The molecule has 142 valence electrons. The lowest BCUT2D eigenvalue weighted by Crippen LogP contribution is -2.36. The van der Waals surface area contributed by atoms with Crippen LogP contribution in [0.2, 0.25) is 0 Å². The summed E-state index contributed by atoms with van der Waals surface area (Å²) in [4.78, 5) is 23.8. The molecule has 0 unspecified atom stereocenters. The lowest BCUT2D eigenvalue weighted by molar-refractivity contribution is -0.156. The molecule has 0 saturated carbocycles. The minimum atomic E-state index is -0.998. The third-order valence-electron chi connectivity index (χ3n) is 3.73. The number of hydrogen-bond acceptors (Lipinski definition) is 6. The Hall–Kier alpha value is -3.29. The van der Waals surface area contributed by atoms with E-state index in [0.29, 0.717) is 11.5 Å². The molecule has 0 fully saturated rings. The van der Waals surface area contributed by atoms with Gasteiger partial charge in [0.05, 0.1) is 0 Å². The smallest absolute Gasteiger partial charge is 0.344 e. The number of hydrogen-bond donors (Lipinski definition) is 1. The summed E-state index contributed by atoms with van der Waals surface area (Å²) >= 11 is 0. The molecule has 27 heavy (non-hydrogen) atoms. The summed E-state index contributed by atoms with van der Waals surface area (Å²) in [6.45, 7) is 1.45. The van der Waals surface area contributed by atoms with Crippen LogP contribution in [0.25, 0.3) is 0 Å². The van der Waals surface area contributed by atoms with E-state index in [1.807, 2.05) is 0 Å². The molecule has 2 aromatic rings. The Morgan fingerprint density at radius 2 is 2.00 bits per heavy atom. The van der Waals surface area contributed by atoms with Gasteiger partial charge >= 0.3 is 5.97 Å². The maximum atomic E-state index is 13.0. The van der Waals surface area contributed by atoms with Crippen LogP contribution in [-0.2, 0) is 20.9 Å². The first-order valence-electron chi connectivity index (χ1n) is 8.25. The Labute approximate surface area is 155 Å². The number of ether oxygens (including phenoxy) is 4. The van der Waals surface area contributed by atoms with E-state index in [4.69, 9.17) is 18.9 Å². The summed E-state index contributed by atoms with van der Waals surface area (Å²) in [6, 6.07) is 10.7. The number of amides is 1. The monoisotopic (exact) mass is 375 g/mol. The second-order valence-electron chi connectivity index (χ2n) is 5.78. The number of halogens is 1. The predicted octanol–water partition coefficient (Wildman–Crippen LogP) is 2.18. The minimum Gasteiger partial charge on any atom is -0.482 e. The molecule has 1 aliphatic rings. The van der Waals surface area contributed by atoms with Crippen LogP contribution in [0.3, 0.4) is 0 Å². The first-order chi connectivity index (χ1) is 13.0. The number of nitrogens with one attached hydrogen (secondary N) is 1. The summed E-state index contributed by atoms with van der Waals surface area (Å²) in [5.41, 5.74) is 0.820. The molecule has 0 aliphatic carbocycles. The van der Waals surface area contributed by atoms with E-state index in [0.717, 1.165) is 11.6 Å². The standard InChI is InChI=1S/C19H18FNO6/c1-12(27-18(22)10-24-15-4-2-3-14(20)8-15)19(23)21-9-13-5-6-16-17(7-13)26-11-25-16/h2-8,12H,9-11H2,1H3,(H,21,23)/t12-/m0/s1. The summed E-state index contributed by atoms with van der Waals surface area (Å²) in [5, 5.41) is 2.67. The average molecular weight is 375 g/mol. The van der Waals surface area contributed by atoms with Gasteiger partial charge in [-0.25, -0.2) is 9.18 Å². The fraction of sp³-hybridized carbons (Fsp3) is 0.263. The quantitative estimate of drug-likeness (QED) is 0.747. The zero-order valence-electron chi connectivity index (χ0n) is 14.6. The molecule has 3 rings (SSSR count). The molecule has 0 radical (unpaired) electrons. The highest BCUT2D eigenvalue weighted by Gasteiger charge is 2.19. The van der Waals surface area contributed by atoms with Gasteiger partial charge in [-0.1, -0.05) is 12.1 Å². The number of esters is 1. The van der Waals surface area contributed by atoms with Crippen molar-refractivity contribution >= 4 is 11.9 Å². The van der Waals surface area contributed by atoms with E-state index >= 15 is 0 Å². The lowest BCUT2D eigenvalue weighted by atomic mass is 10.2. The molecule has 1 heterocycles. The van der Waals surface area contributed by atoms with E-state index < -0.39 is 30.4 Å². The fourth-order valence-electron chi connectivity index (χ4n) is 2.37. The van der Waals surface area contributed by atoms with Crippen molar-refractivity contribution in [3.8, 4) is 17.2 Å². The van der Waals surface area contributed by atoms with Gasteiger partial charge < -0.3 is 24.3 Å². The second kappa shape index (κ2) is 8.39. The topological polar surface area (TPSA) is 83.1 Å². The average Bonchev–Trinajstić information content (AvgIpc) is 3.12. The van der Waals surface area contributed by atoms with E-state index in [1.54, 1.807) is 18.2 Å². The van der Waals surface area contributed by atoms with Crippen molar-refractivity contribution in [2.75, 3.05) is 13.4 Å². The van der Waals surface area contributed by atoms with Gasteiger partial charge in [-0.2, -0.15) is 0 Å². The van der Waals surface area contributed by atoms with Crippen molar-refractivity contribution in [2.24, 2.45) is 0 Å². The Kier molecular flexibility index (Phi) is 5.75. The predicted molar refractivity (Wildman–Crippen MR) is 91.9 cm³/mol. The number of benzene rings is 2. The lowest BCUT2D eigenvalue weighted by Gasteiger charge is -2.14. The Bertz CT molecular complexity index is 841. The van der Waals surface area contributed by atoms with Gasteiger partial charge in [0.1, 0.15) is 11.6 Å². The molecule has 7 nitrogen and oxygen atoms in total. The summed E-state index contributed by atoms with van der Waals surface area (Å²) in [7, 11) is 0. The van der Waals surface area contributed by atoms with Crippen molar-refractivity contribution < 1.29 is 32.9 Å². The molecule has 0 bridgehead atoms. The SMILES string of the molecule is C[C@H](OC(=O)COc1cccc(F)c1)C(=O)NCc1ccc2c(c1)OCO2. The summed E-state index contributed by atoms with van der Waals surface area (Å²) < 4.78 is 33.7. The van der Waals surface area contributed by atoms with E-state index in [2.05, 4.69) is 5.32 Å². The number of carbonyl (C=O) groups excluding carboxylic acids is 2. The largest absolute Gasteiger partial charge is 0.482 e. The molecule has 1 atom stereocenters. The van der Waals surface area contributed by atoms with Crippen LogP contribution in [0, 0.1) is 5.82 Å². The molecule has 1 aliphatic heterocycles. The van der Waals surface area contributed by atoms with Gasteiger partial charge in [-0.15, -0.1) is 0 Å². The molecule has 0 saturated heterocycles. The van der Waals surface area contributed by atoms with E-state index in [9.17, 15) is 14.0 Å². The second-order valence-corrected chi connectivity index (χ2v) is 5.78. The summed E-state index contributed by atoms with van der Waals surface area (Å²) in [6.07, 6.45) is -0.998. The van der Waals surface area contributed by atoms with Crippen molar-refractivity contribution in [2.45, 2.75) is 19.6 Å². The van der Waals surface area contributed by atoms with Crippen LogP contribution in [0.5, 0.6) is 17.2 Å². The highest BCUT2D eigenvalue weighted by Crippen LogP contribution is 2.32. The Morgan fingerprint density at radius 3 is 2.81 bits per heavy atom. The van der Waals surface area contributed by atoms with Crippen molar-refractivity contribution in [1.29, 1.82) is 0 Å². The van der Waals surface area contributed by atoms with Crippen LogP contribution < -0.4 is 19.5 Å². The third kappa shape index (κ3) is 5.10. The number of carbonyl (C=O) groups is 2. The Balaban J connectivity index is 1.42. The zero-order valence-corrected chi connectivity index (χ0v) is 14.6. The molecule has 0 spiro atoms. The van der Waals surface area contributed by atoms with Crippen molar-refractivity contribution in [1.82, 2.24) is 5.32 Å². The Morgan fingerprint density at radius 1 is 1.19 bits per heavy atom. The molecule has 0 aromatic heterocycles. The van der Waals surface area contributed by atoms with Gasteiger partial charge in [-0.3, -0.25) is 4.79 Å². The molecule has 1 N–H and O–H groups in total. The molecular formula is C19H18FNO6. The van der Waals surface area contributed by atoms with Gasteiger partial charge in [0.25, 0.3) is 5.91 Å². The third-order valence-corrected chi connectivity index (χ3v) is 3.73. The van der Waals surface area contributed by atoms with Gasteiger partial charge in [0, 0.05) is 12.6 Å². The first-order valence-corrected chi connectivity index (χ1v) is 8.25. The molecule has 1 amide bonds. The van der Waals surface area contributed by atoms with E-state index in [-0.39, 0.29) is 19.1 Å². The number of rotatable bonds is 7. The maximum absolute atomic E-state index is 13.0. The maximum Gasteiger partial charge on any atom is 0.344 e. The van der Waals surface area contributed by atoms with Gasteiger partial charge in [0.2, 0.25) is 6.79 Å².